The second-order valence-electron chi connectivity index (χ2n) is 1.94. The van der Waals surface area contributed by atoms with Crippen molar-refractivity contribution in [2.24, 2.45) is 5.84 Å². The van der Waals surface area contributed by atoms with Crippen LogP contribution in [0.2, 0.25) is 5.02 Å². The molecule has 3 N–H and O–H groups in total. The Morgan fingerprint density at radius 2 is 2.18 bits per heavy atom. The summed E-state index contributed by atoms with van der Waals surface area (Å²) in [5.74, 6) is 4.25. The van der Waals surface area contributed by atoms with E-state index in [4.69, 9.17) is 22.7 Å². The molecule has 0 spiro atoms. The first kappa shape index (κ1) is 8.26. The lowest BCUT2D eigenvalue weighted by molar-refractivity contribution is 0.254. The van der Waals surface area contributed by atoms with Crippen LogP contribution in [0.3, 0.4) is 0 Å². The fourth-order valence-corrected chi connectivity index (χ4v) is 0.828. The van der Waals surface area contributed by atoms with Crippen molar-refractivity contribution in [1.29, 1.82) is 0 Å². The van der Waals surface area contributed by atoms with Crippen LogP contribution in [0, 0.1) is 5.82 Å². The number of nitrogens with zero attached hydrogens (tertiary/aromatic N) is 1. The van der Waals surface area contributed by atoms with Gasteiger partial charge in [0.05, 0.1) is 0 Å². The van der Waals surface area contributed by atoms with Gasteiger partial charge in [-0.2, -0.15) is 5.17 Å². The van der Waals surface area contributed by atoms with Gasteiger partial charge in [0.25, 0.3) is 0 Å². The molecule has 0 aliphatic carbocycles. The summed E-state index contributed by atoms with van der Waals surface area (Å²) in [5.41, 5.74) is -0.155. The zero-order chi connectivity index (χ0) is 8.43. The molecule has 0 aliphatic heterocycles. The standard InChI is InChI=1S/C6H6ClFN2O/c7-4-1-2-5(8)6(3-4)10(9)11/h1-3,11H,9H2. The highest BCUT2D eigenvalue weighted by atomic mass is 35.5. The van der Waals surface area contributed by atoms with E-state index < -0.39 is 5.82 Å². The molecule has 0 unspecified atom stereocenters. The van der Waals surface area contributed by atoms with E-state index in [0.717, 1.165) is 6.07 Å². The van der Waals surface area contributed by atoms with E-state index >= 15 is 0 Å². The minimum absolute atomic E-state index is 0.155. The Labute approximate surface area is 67.7 Å². The van der Waals surface area contributed by atoms with Crippen LogP contribution >= 0.6 is 11.6 Å². The van der Waals surface area contributed by atoms with Gasteiger partial charge in [0.15, 0.2) is 5.82 Å². The van der Waals surface area contributed by atoms with Crippen molar-refractivity contribution in [1.82, 2.24) is 0 Å². The van der Waals surface area contributed by atoms with Crippen LogP contribution in [0.25, 0.3) is 0 Å². The van der Waals surface area contributed by atoms with Crippen LogP contribution in [0.5, 0.6) is 0 Å². The lowest BCUT2D eigenvalue weighted by Gasteiger charge is -2.09. The number of halogens is 2. The van der Waals surface area contributed by atoms with Gasteiger partial charge >= 0.3 is 0 Å². The molecule has 1 rings (SSSR count). The number of hydrazine groups is 1. The van der Waals surface area contributed by atoms with Gasteiger partial charge < -0.3 is 0 Å². The molecule has 11 heavy (non-hydrogen) atoms. The number of anilines is 1. The van der Waals surface area contributed by atoms with Crippen LogP contribution in [-0.2, 0) is 0 Å². The van der Waals surface area contributed by atoms with Crippen molar-refractivity contribution in [3.8, 4) is 0 Å². The van der Waals surface area contributed by atoms with Crippen molar-refractivity contribution in [3.63, 3.8) is 0 Å². The molecule has 0 amide bonds. The smallest absolute Gasteiger partial charge is 0.150 e. The fraction of sp³-hybridized carbons (Fsp3) is 0. The minimum atomic E-state index is -0.626. The van der Waals surface area contributed by atoms with Crippen molar-refractivity contribution >= 4 is 17.3 Å². The first-order valence-corrected chi connectivity index (χ1v) is 3.18. The second-order valence-corrected chi connectivity index (χ2v) is 2.38. The monoisotopic (exact) mass is 176 g/mol. The molecule has 0 aliphatic rings. The van der Waals surface area contributed by atoms with E-state index in [9.17, 15) is 4.39 Å². The molecular weight excluding hydrogens is 171 g/mol. The highest BCUT2D eigenvalue weighted by Crippen LogP contribution is 2.20. The third-order valence-electron chi connectivity index (χ3n) is 1.16. The fourth-order valence-electron chi connectivity index (χ4n) is 0.661. The van der Waals surface area contributed by atoms with Gasteiger partial charge in [0.1, 0.15) is 5.69 Å². The molecule has 5 heteroatoms. The average Bonchev–Trinajstić information content (AvgIpc) is 1.94. The summed E-state index contributed by atoms with van der Waals surface area (Å²) < 4.78 is 12.7. The number of hydrogen-bond acceptors (Lipinski definition) is 3. The predicted octanol–water partition coefficient (Wildman–Crippen LogP) is 1.55. The molecule has 0 bridgehead atoms. The zero-order valence-electron chi connectivity index (χ0n) is 5.46. The van der Waals surface area contributed by atoms with Crippen molar-refractivity contribution in [2.45, 2.75) is 0 Å². The Morgan fingerprint density at radius 3 is 2.64 bits per heavy atom. The number of nitrogens with two attached hydrogens (primary N) is 1. The van der Waals surface area contributed by atoms with Crippen LogP contribution in [0.15, 0.2) is 18.2 Å². The zero-order valence-corrected chi connectivity index (χ0v) is 6.22. The minimum Gasteiger partial charge on any atom is -0.273 e. The van der Waals surface area contributed by atoms with E-state index in [1.54, 1.807) is 0 Å². The summed E-state index contributed by atoms with van der Waals surface area (Å²) in [6.07, 6.45) is 0. The van der Waals surface area contributed by atoms with Crippen LogP contribution in [0.1, 0.15) is 0 Å². The lowest BCUT2D eigenvalue weighted by Crippen LogP contribution is -2.26. The predicted molar refractivity (Wildman–Crippen MR) is 39.9 cm³/mol. The largest absolute Gasteiger partial charge is 0.273 e. The summed E-state index contributed by atoms with van der Waals surface area (Å²) in [5, 5.41) is 9.13. The van der Waals surface area contributed by atoms with Gasteiger partial charge in [-0.1, -0.05) is 11.6 Å². The lowest BCUT2D eigenvalue weighted by atomic mass is 10.3. The van der Waals surface area contributed by atoms with Gasteiger partial charge in [0, 0.05) is 5.02 Å². The van der Waals surface area contributed by atoms with E-state index in [1.165, 1.54) is 12.1 Å². The molecule has 1 aromatic rings. The first-order valence-electron chi connectivity index (χ1n) is 2.80. The van der Waals surface area contributed by atoms with Crippen molar-refractivity contribution in [3.05, 3.63) is 29.0 Å². The molecule has 0 saturated carbocycles. The molecule has 0 fully saturated rings. The van der Waals surface area contributed by atoms with Crippen molar-refractivity contribution < 1.29 is 9.60 Å². The van der Waals surface area contributed by atoms with E-state index in [0.29, 0.717) is 5.02 Å². The topological polar surface area (TPSA) is 49.5 Å². The van der Waals surface area contributed by atoms with Gasteiger partial charge in [-0.15, -0.1) is 0 Å². The quantitative estimate of drug-likeness (QED) is 0.504. The molecule has 0 atom stereocenters. The normalized spacial score (nSPS) is 9.82. The SMILES string of the molecule is NN(O)c1cc(Cl)ccc1F. The molecule has 1 aromatic carbocycles. The van der Waals surface area contributed by atoms with Crippen LogP contribution < -0.4 is 11.0 Å². The molecule has 60 valence electrons. The molecule has 0 radical (unpaired) electrons. The van der Waals surface area contributed by atoms with Gasteiger partial charge in [0.2, 0.25) is 0 Å². The van der Waals surface area contributed by atoms with E-state index in [2.05, 4.69) is 0 Å². The maximum absolute atomic E-state index is 12.7. The number of rotatable bonds is 1. The van der Waals surface area contributed by atoms with E-state index in [-0.39, 0.29) is 10.9 Å². The van der Waals surface area contributed by atoms with Gasteiger partial charge in [-0.3, -0.25) is 5.21 Å². The van der Waals surface area contributed by atoms with Gasteiger partial charge in [-0.05, 0) is 18.2 Å². The summed E-state index contributed by atoms with van der Waals surface area (Å²) >= 11 is 5.50. The molecule has 0 saturated heterocycles. The maximum atomic E-state index is 12.7. The first-order chi connectivity index (χ1) is 5.11. The third kappa shape index (κ3) is 1.80. The highest BCUT2D eigenvalue weighted by Gasteiger charge is 2.05. The summed E-state index contributed by atoms with van der Waals surface area (Å²) in [4.78, 5) is 0. The summed E-state index contributed by atoms with van der Waals surface area (Å²) in [6, 6.07) is 3.70. The van der Waals surface area contributed by atoms with Crippen LogP contribution in [0.4, 0.5) is 10.1 Å². The number of benzene rings is 1. The summed E-state index contributed by atoms with van der Waals surface area (Å²) in [6.45, 7) is 0. The molecule has 0 aromatic heterocycles. The number of hydrogen-bond donors (Lipinski definition) is 2. The van der Waals surface area contributed by atoms with Gasteiger partial charge in [-0.25, -0.2) is 10.2 Å². The summed E-state index contributed by atoms with van der Waals surface area (Å²) in [7, 11) is 0. The Kier molecular flexibility index (Phi) is 2.28. The van der Waals surface area contributed by atoms with Crippen LogP contribution in [-0.4, -0.2) is 5.21 Å². The molecule has 3 nitrogen and oxygen atoms in total. The second kappa shape index (κ2) is 3.04. The Hall–Kier alpha value is -0.840. The Morgan fingerprint density at radius 1 is 1.55 bits per heavy atom. The Bertz CT molecular complexity index is 267. The van der Waals surface area contributed by atoms with Crippen molar-refractivity contribution in [2.75, 3.05) is 5.17 Å². The highest BCUT2D eigenvalue weighted by molar-refractivity contribution is 6.30. The molecular formula is C6H6ClFN2O. The third-order valence-corrected chi connectivity index (χ3v) is 1.39. The van der Waals surface area contributed by atoms with E-state index in [1.807, 2.05) is 0 Å². The Balaban J connectivity index is 3.13. The maximum Gasteiger partial charge on any atom is 0.150 e. The average molecular weight is 177 g/mol. The molecule has 0 heterocycles.